The Hall–Kier alpha value is -3.70. The molecule has 36 heavy (non-hydrogen) atoms. The average molecular weight is 528 g/mol. The first-order valence-electron chi connectivity index (χ1n) is 11.3. The molecule has 3 amide bonds. The van der Waals surface area contributed by atoms with Gasteiger partial charge in [-0.15, -0.1) is 11.3 Å². The summed E-state index contributed by atoms with van der Waals surface area (Å²) in [5, 5.41) is 5.35. The zero-order valence-electron chi connectivity index (χ0n) is 19.5. The van der Waals surface area contributed by atoms with Crippen molar-refractivity contribution in [3.8, 4) is 0 Å². The molecule has 0 fully saturated rings. The van der Waals surface area contributed by atoms with E-state index in [0.29, 0.717) is 17.1 Å². The average Bonchev–Trinajstić information content (AvgIpc) is 3.04. The predicted molar refractivity (Wildman–Crippen MR) is 137 cm³/mol. The number of carbonyl (C=O) groups excluding carboxylic acids is 3. The summed E-state index contributed by atoms with van der Waals surface area (Å²) in [5.41, 5.74) is 1.71. The quantitative estimate of drug-likeness (QED) is 0.403. The standard InChI is InChI=1S/C25H25N3O6S2/c1-34-25(31)27-23(30)21-19-10-6-3-7-11-20(19)35-24(21)26-22(29)16-12-14-17(15-13-16)28-36(32,33)18-8-4-2-5-9-18/h2,4-5,8-9,12-15,28H,3,6-7,10-11H2,1H3,(H,26,29)(H,27,30,31). The van der Waals surface area contributed by atoms with Crippen molar-refractivity contribution >= 4 is 50.0 Å². The maximum absolute atomic E-state index is 13.0. The van der Waals surface area contributed by atoms with E-state index in [4.69, 9.17) is 0 Å². The van der Waals surface area contributed by atoms with Crippen LogP contribution in [0.3, 0.4) is 0 Å². The van der Waals surface area contributed by atoms with Crippen molar-refractivity contribution in [1.29, 1.82) is 0 Å². The molecule has 0 spiro atoms. The van der Waals surface area contributed by atoms with E-state index < -0.39 is 27.9 Å². The third kappa shape index (κ3) is 5.74. The second-order valence-electron chi connectivity index (χ2n) is 8.16. The Balaban J connectivity index is 1.54. The summed E-state index contributed by atoms with van der Waals surface area (Å²) in [4.78, 5) is 38.7. The highest BCUT2D eigenvalue weighted by Crippen LogP contribution is 2.37. The van der Waals surface area contributed by atoms with Crippen LogP contribution in [0.5, 0.6) is 0 Å². The molecule has 3 aromatic rings. The molecule has 1 aliphatic carbocycles. The first-order valence-corrected chi connectivity index (χ1v) is 13.6. The Morgan fingerprint density at radius 3 is 2.28 bits per heavy atom. The van der Waals surface area contributed by atoms with Crippen molar-refractivity contribution in [2.75, 3.05) is 17.1 Å². The molecule has 3 N–H and O–H groups in total. The van der Waals surface area contributed by atoms with E-state index in [0.717, 1.165) is 36.1 Å². The van der Waals surface area contributed by atoms with E-state index in [1.54, 1.807) is 18.2 Å². The zero-order chi connectivity index (χ0) is 25.7. The van der Waals surface area contributed by atoms with Crippen molar-refractivity contribution in [2.45, 2.75) is 37.0 Å². The molecular formula is C25H25N3O6S2. The molecule has 188 valence electrons. The number of aryl methyl sites for hydroxylation is 1. The van der Waals surface area contributed by atoms with Gasteiger partial charge in [0.2, 0.25) is 0 Å². The van der Waals surface area contributed by atoms with E-state index in [-0.39, 0.29) is 16.0 Å². The number of alkyl carbamates (subject to hydrolysis) is 1. The van der Waals surface area contributed by atoms with Crippen LogP contribution in [0.1, 0.15) is 50.4 Å². The van der Waals surface area contributed by atoms with Crippen molar-refractivity contribution in [3.63, 3.8) is 0 Å². The summed E-state index contributed by atoms with van der Waals surface area (Å²) in [6.45, 7) is 0. The maximum atomic E-state index is 13.0. The monoisotopic (exact) mass is 527 g/mol. The minimum atomic E-state index is -3.76. The summed E-state index contributed by atoms with van der Waals surface area (Å²) >= 11 is 1.33. The lowest BCUT2D eigenvalue weighted by molar-refractivity contribution is 0.0937. The fourth-order valence-electron chi connectivity index (χ4n) is 3.96. The van der Waals surface area contributed by atoms with Crippen LogP contribution in [0.2, 0.25) is 0 Å². The minimum Gasteiger partial charge on any atom is -0.453 e. The second kappa shape index (κ2) is 10.9. The van der Waals surface area contributed by atoms with Gasteiger partial charge in [0.25, 0.3) is 21.8 Å². The van der Waals surface area contributed by atoms with E-state index in [2.05, 4.69) is 20.1 Å². The van der Waals surface area contributed by atoms with Gasteiger partial charge in [0.1, 0.15) is 5.00 Å². The van der Waals surface area contributed by atoms with Crippen molar-refractivity contribution in [3.05, 3.63) is 76.2 Å². The van der Waals surface area contributed by atoms with Crippen LogP contribution in [0.25, 0.3) is 0 Å². The molecule has 2 aromatic carbocycles. The summed E-state index contributed by atoms with van der Waals surface area (Å²) in [6.07, 6.45) is 3.54. The zero-order valence-corrected chi connectivity index (χ0v) is 21.1. The number of rotatable bonds is 6. The fraction of sp³-hybridized carbons (Fsp3) is 0.240. The molecule has 0 aliphatic heterocycles. The molecule has 0 saturated heterocycles. The SMILES string of the molecule is COC(=O)NC(=O)c1c(NC(=O)c2ccc(NS(=O)(=O)c3ccccc3)cc2)sc2c1CCCCC2. The van der Waals surface area contributed by atoms with Gasteiger partial charge < -0.3 is 10.1 Å². The Morgan fingerprint density at radius 2 is 1.58 bits per heavy atom. The Kier molecular flexibility index (Phi) is 7.70. The van der Waals surface area contributed by atoms with Gasteiger partial charge in [-0.1, -0.05) is 24.6 Å². The fourth-order valence-corrected chi connectivity index (χ4v) is 6.32. The van der Waals surface area contributed by atoms with Crippen molar-refractivity contribution in [2.24, 2.45) is 0 Å². The Bertz CT molecular complexity index is 1380. The molecule has 0 unspecified atom stereocenters. The number of anilines is 2. The Morgan fingerprint density at radius 1 is 0.889 bits per heavy atom. The number of imide groups is 1. The normalized spacial score (nSPS) is 13.1. The van der Waals surface area contributed by atoms with Crippen molar-refractivity contribution in [1.82, 2.24) is 5.32 Å². The van der Waals surface area contributed by atoms with Crippen LogP contribution >= 0.6 is 11.3 Å². The predicted octanol–water partition coefficient (Wildman–Crippen LogP) is 4.57. The van der Waals surface area contributed by atoms with Crippen LogP contribution in [0, 0.1) is 0 Å². The number of thiophene rings is 1. The van der Waals surface area contributed by atoms with Crippen LogP contribution < -0.4 is 15.4 Å². The minimum absolute atomic E-state index is 0.127. The number of sulfonamides is 1. The van der Waals surface area contributed by atoms with Gasteiger partial charge in [-0.05, 0) is 67.6 Å². The van der Waals surface area contributed by atoms with Crippen LogP contribution in [0.4, 0.5) is 15.5 Å². The topological polar surface area (TPSA) is 131 Å². The molecule has 11 heteroatoms. The number of fused-ring (bicyclic) bond motifs is 1. The van der Waals surface area contributed by atoms with Crippen LogP contribution in [-0.4, -0.2) is 33.4 Å². The van der Waals surface area contributed by atoms with Gasteiger partial charge in [-0.2, -0.15) is 0 Å². The molecule has 9 nitrogen and oxygen atoms in total. The lowest BCUT2D eigenvalue weighted by atomic mass is 10.0. The highest BCUT2D eigenvalue weighted by molar-refractivity contribution is 7.92. The van der Waals surface area contributed by atoms with Gasteiger partial charge in [0.05, 0.1) is 17.6 Å². The number of nitrogens with one attached hydrogen (secondary N) is 3. The first kappa shape index (κ1) is 25.4. The molecule has 1 heterocycles. The molecule has 0 radical (unpaired) electrons. The molecule has 1 aromatic heterocycles. The Labute approximate surface area is 212 Å². The highest BCUT2D eigenvalue weighted by Gasteiger charge is 2.27. The molecular weight excluding hydrogens is 502 g/mol. The largest absolute Gasteiger partial charge is 0.453 e. The maximum Gasteiger partial charge on any atom is 0.413 e. The van der Waals surface area contributed by atoms with Crippen LogP contribution in [0.15, 0.2) is 59.5 Å². The highest BCUT2D eigenvalue weighted by atomic mass is 32.2. The third-order valence-electron chi connectivity index (χ3n) is 5.73. The van der Waals surface area contributed by atoms with E-state index in [1.807, 2.05) is 0 Å². The smallest absolute Gasteiger partial charge is 0.413 e. The number of methoxy groups -OCH3 is 1. The van der Waals surface area contributed by atoms with E-state index >= 15 is 0 Å². The molecule has 4 rings (SSSR count). The number of hydrogen-bond acceptors (Lipinski definition) is 7. The van der Waals surface area contributed by atoms with Gasteiger partial charge >= 0.3 is 6.09 Å². The number of amides is 3. The lowest BCUT2D eigenvalue weighted by Gasteiger charge is -2.10. The van der Waals surface area contributed by atoms with E-state index in [1.165, 1.54) is 54.8 Å². The number of hydrogen-bond donors (Lipinski definition) is 3. The molecule has 0 bridgehead atoms. The summed E-state index contributed by atoms with van der Waals surface area (Å²) < 4.78 is 32.1. The molecule has 1 aliphatic rings. The third-order valence-corrected chi connectivity index (χ3v) is 8.33. The molecule has 0 atom stereocenters. The van der Waals surface area contributed by atoms with Gasteiger partial charge in [-0.3, -0.25) is 19.6 Å². The van der Waals surface area contributed by atoms with Gasteiger partial charge in [0, 0.05) is 16.1 Å². The van der Waals surface area contributed by atoms with Crippen LogP contribution in [-0.2, 0) is 27.6 Å². The summed E-state index contributed by atoms with van der Waals surface area (Å²) in [7, 11) is -2.59. The summed E-state index contributed by atoms with van der Waals surface area (Å²) in [6, 6.07) is 13.9. The molecule has 0 saturated carbocycles. The number of carbonyl (C=O) groups is 3. The number of benzene rings is 2. The van der Waals surface area contributed by atoms with E-state index in [9.17, 15) is 22.8 Å². The second-order valence-corrected chi connectivity index (χ2v) is 11.0. The van der Waals surface area contributed by atoms with Crippen molar-refractivity contribution < 1.29 is 27.5 Å². The lowest BCUT2D eigenvalue weighted by Crippen LogP contribution is -2.31. The van der Waals surface area contributed by atoms with Gasteiger partial charge in [0.15, 0.2) is 0 Å². The number of ether oxygens (including phenoxy) is 1. The first-order chi connectivity index (χ1) is 17.3. The summed E-state index contributed by atoms with van der Waals surface area (Å²) in [5.74, 6) is -1.08. The van der Waals surface area contributed by atoms with Gasteiger partial charge in [-0.25, -0.2) is 13.2 Å².